The quantitative estimate of drug-likeness (QED) is 0.577. The molecule has 4 aromatic rings. The molecule has 0 atom stereocenters. The van der Waals surface area contributed by atoms with E-state index in [1.54, 1.807) is 0 Å². The standard InChI is InChI=1S/C21H21N7/c1-2-8-23-16(4-1)15-11-17(18-10-14-12-22-7-3-9-28(14)27-18)24-21-19(15)20(25-26-21)13-5-6-13/h1-2,4,8,10-11,13,22H,3,5-7,9,12H2,(H,24,25,26). The molecule has 1 saturated carbocycles. The lowest BCUT2D eigenvalue weighted by molar-refractivity contribution is 0.589. The van der Waals surface area contributed by atoms with E-state index in [0.717, 1.165) is 59.7 Å². The van der Waals surface area contributed by atoms with Gasteiger partial charge in [-0.15, -0.1) is 0 Å². The van der Waals surface area contributed by atoms with E-state index in [2.05, 4.69) is 43.4 Å². The SMILES string of the molecule is c1ccc(-c2cc(-c3cc4n(n3)CCCNC4)nc3n[nH]c(C4CC4)c23)nc1. The molecule has 0 spiro atoms. The summed E-state index contributed by atoms with van der Waals surface area (Å²) in [6, 6.07) is 10.3. The molecule has 140 valence electrons. The number of aromatic amines is 1. The summed E-state index contributed by atoms with van der Waals surface area (Å²) in [6.45, 7) is 2.81. The van der Waals surface area contributed by atoms with Gasteiger partial charge in [0.25, 0.3) is 0 Å². The van der Waals surface area contributed by atoms with Crippen LogP contribution in [0.4, 0.5) is 0 Å². The van der Waals surface area contributed by atoms with E-state index >= 15 is 0 Å². The first-order valence-electron chi connectivity index (χ1n) is 9.95. The molecule has 1 fully saturated rings. The molecule has 28 heavy (non-hydrogen) atoms. The number of aromatic nitrogens is 6. The van der Waals surface area contributed by atoms with Gasteiger partial charge in [0.2, 0.25) is 0 Å². The van der Waals surface area contributed by atoms with Crippen molar-refractivity contribution in [1.82, 2.24) is 35.3 Å². The molecule has 4 aromatic heterocycles. The third-order valence-corrected chi connectivity index (χ3v) is 5.63. The highest BCUT2D eigenvalue weighted by Crippen LogP contribution is 2.44. The van der Waals surface area contributed by atoms with Crippen LogP contribution in [-0.2, 0) is 13.1 Å². The molecule has 7 heteroatoms. The van der Waals surface area contributed by atoms with Crippen LogP contribution in [0.25, 0.3) is 33.7 Å². The van der Waals surface area contributed by atoms with Gasteiger partial charge in [0.1, 0.15) is 5.69 Å². The van der Waals surface area contributed by atoms with Gasteiger partial charge in [-0.2, -0.15) is 10.2 Å². The number of hydrogen-bond donors (Lipinski definition) is 2. The Hall–Kier alpha value is -3.06. The Balaban J connectivity index is 1.55. The summed E-state index contributed by atoms with van der Waals surface area (Å²) >= 11 is 0. The molecule has 2 N–H and O–H groups in total. The predicted octanol–water partition coefficient (Wildman–Crippen LogP) is 3.25. The molecule has 0 aromatic carbocycles. The van der Waals surface area contributed by atoms with Crippen LogP contribution < -0.4 is 5.32 Å². The fourth-order valence-corrected chi connectivity index (χ4v) is 4.06. The maximum absolute atomic E-state index is 4.86. The number of hydrogen-bond acceptors (Lipinski definition) is 5. The second-order valence-corrected chi connectivity index (χ2v) is 7.65. The predicted molar refractivity (Wildman–Crippen MR) is 107 cm³/mol. The number of fused-ring (bicyclic) bond motifs is 2. The fraction of sp³-hybridized carbons (Fsp3) is 0.333. The summed E-state index contributed by atoms with van der Waals surface area (Å²) in [5.74, 6) is 0.565. The van der Waals surface area contributed by atoms with E-state index in [9.17, 15) is 0 Å². The molecule has 7 nitrogen and oxygen atoms in total. The number of rotatable bonds is 3. The van der Waals surface area contributed by atoms with Gasteiger partial charge in [-0.1, -0.05) is 6.07 Å². The van der Waals surface area contributed by atoms with Crippen molar-refractivity contribution in [2.75, 3.05) is 6.54 Å². The Labute approximate surface area is 162 Å². The summed E-state index contributed by atoms with van der Waals surface area (Å²) in [5.41, 5.74) is 6.92. The molecular weight excluding hydrogens is 350 g/mol. The molecular formula is C21H21N7. The molecule has 5 heterocycles. The van der Waals surface area contributed by atoms with Crippen molar-refractivity contribution in [3.63, 3.8) is 0 Å². The molecule has 6 rings (SSSR count). The number of aryl methyl sites for hydroxylation is 1. The lowest BCUT2D eigenvalue weighted by Gasteiger charge is -2.07. The lowest BCUT2D eigenvalue weighted by atomic mass is 10.0. The van der Waals surface area contributed by atoms with Gasteiger partial charge in [0, 0.05) is 36.5 Å². The van der Waals surface area contributed by atoms with Gasteiger partial charge in [0.05, 0.1) is 22.5 Å². The monoisotopic (exact) mass is 371 g/mol. The van der Waals surface area contributed by atoms with Crippen LogP contribution >= 0.6 is 0 Å². The largest absolute Gasteiger partial charge is 0.311 e. The number of pyridine rings is 2. The second kappa shape index (κ2) is 6.24. The molecule has 0 radical (unpaired) electrons. The minimum atomic E-state index is 0.565. The Bertz CT molecular complexity index is 1130. The van der Waals surface area contributed by atoms with Crippen LogP contribution in [0, 0.1) is 0 Å². The zero-order valence-electron chi connectivity index (χ0n) is 15.5. The van der Waals surface area contributed by atoms with E-state index in [1.165, 1.54) is 24.2 Å². The maximum Gasteiger partial charge on any atom is 0.182 e. The first-order chi connectivity index (χ1) is 13.9. The van der Waals surface area contributed by atoms with Gasteiger partial charge in [0.15, 0.2) is 5.65 Å². The highest BCUT2D eigenvalue weighted by molar-refractivity contribution is 5.96. The lowest BCUT2D eigenvalue weighted by Crippen LogP contribution is -2.11. The Morgan fingerprint density at radius 3 is 2.89 bits per heavy atom. The van der Waals surface area contributed by atoms with Crippen molar-refractivity contribution < 1.29 is 0 Å². The van der Waals surface area contributed by atoms with Gasteiger partial charge in [-0.3, -0.25) is 14.8 Å². The summed E-state index contributed by atoms with van der Waals surface area (Å²) in [5, 5.41) is 17.2. The Morgan fingerprint density at radius 1 is 1.07 bits per heavy atom. The van der Waals surface area contributed by atoms with E-state index in [4.69, 9.17) is 10.1 Å². The summed E-state index contributed by atoms with van der Waals surface area (Å²) in [7, 11) is 0. The van der Waals surface area contributed by atoms with Crippen molar-refractivity contribution in [2.24, 2.45) is 0 Å². The first kappa shape index (κ1) is 15.9. The second-order valence-electron chi connectivity index (χ2n) is 7.65. The van der Waals surface area contributed by atoms with Crippen LogP contribution in [0.2, 0.25) is 0 Å². The van der Waals surface area contributed by atoms with Crippen LogP contribution in [0.5, 0.6) is 0 Å². The molecule has 0 bridgehead atoms. The zero-order chi connectivity index (χ0) is 18.5. The summed E-state index contributed by atoms with van der Waals surface area (Å²) in [4.78, 5) is 9.47. The average molecular weight is 371 g/mol. The third-order valence-electron chi connectivity index (χ3n) is 5.63. The highest BCUT2D eigenvalue weighted by Gasteiger charge is 2.30. The molecule has 1 aliphatic carbocycles. The van der Waals surface area contributed by atoms with Crippen LogP contribution in [0.3, 0.4) is 0 Å². The topological polar surface area (TPSA) is 84.3 Å². The van der Waals surface area contributed by atoms with Gasteiger partial charge in [-0.25, -0.2) is 4.98 Å². The molecule has 0 unspecified atom stereocenters. The number of H-pyrrole nitrogens is 1. The van der Waals surface area contributed by atoms with E-state index in [1.807, 2.05) is 18.3 Å². The number of nitrogens with one attached hydrogen (secondary N) is 2. The minimum Gasteiger partial charge on any atom is -0.311 e. The Kier molecular flexibility index (Phi) is 3.55. The summed E-state index contributed by atoms with van der Waals surface area (Å²) in [6.07, 6.45) is 5.34. The Morgan fingerprint density at radius 2 is 2.04 bits per heavy atom. The fourth-order valence-electron chi connectivity index (χ4n) is 4.06. The first-order valence-corrected chi connectivity index (χ1v) is 9.95. The smallest absolute Gasteiger partial charge is 0.182 e. The highest BCUT2D eigenvalue weighted by atomic mass is 15.3. The molecule has 2 aliphatic rings. The van der Waals surface area contributed by atoms with E-state index in [0.29, 0.717) is 5.92 Å². The normalized spacial score (nSPS) is 16.9. The van der Waals surface area contributed by atoms with Crippen molar-refractivity contribution >= 4 is 11.0 Å². The van der Waals surface area contributed by atoms with E-state index in [-0.39, 0.29) is 0 Å². The molecule has 1 aliphatic heterocycles. The zero-order valence-corrected chi connectivity index (χ0v) is 15.5. The maximum atomic E-state index is 4.86. The molecule has 0 saturated heterocycles. The van der Waals surface area contributed by atoms with Crippen LogP contribution in [0.15, 0.2) is 36.5 Å². The number of nitrogens with zero attached hydrogens (tertiary/aromatic N) is 5. The van der Waals surface area contributed by atoms with E-state index < -0.39 is 0 Å². The minimum absolute atomic E-state index is 0.565. The molecule has 0 amide bonds. The van der Waals surface area contributed by atoms with Crippen molar-refractivity contribution in [3.8, 4) is 22.6 Å². The van der Waals surface area contributed by atoms with Crippen molar-refractivity contribution in [2.45, 2.75) is 38.3 Å². The van der Waals surface area contributed by atoms with Gasteiger partial charge in [-0.05, 0) is 50.1 Å². The van der Waals surface area contributed by atoms with Crippen molar-refractivity contribution in [3.05, 3.63) is 47.9 Å². The van der Waals surface area contributed by atoms with Gasteiger partial charge < -0.3 is 5.32 Å². The van der Waals surface area contributed by atoms with Crippen LogP contribution in [-0.4, -0.2) is 36.5 Å². The summed E-state index contributed by atoms with van der Waals surface area (Å²) < 4.78 is 2.10. The van der Waals surface area contributed by atoms with Gasteiger partial charge >= 0.3 is 0 Å². The third kappa shape index (κ3) is 2.62. The van der Waals surface area contributed by atoms with Crippen LogP contribution in [0.1, 0.15) is 36.6 Å². The van der Waals surface area contributed by atoms with Crippen molar-refractivity contribution in [1.29, 1.82) is 0 Å². The average Bonchev–Trinajstić information content (AvgIpc) is 3.43.